The quantitative estimate of drug-likeness (QED) is 0.895. The second-order valence-electron chi connectivity index (χ2n) is 4.85. The second-order valence-corrected chi connectivity index (χ2v) is 7.15. The van der Waals surface area contributed by atoms with E-state index in [4.69, 9.17) is 0 Å². The van der Waals surface area contributed by atoms with Crippen LogP contribution in [-0.4, -0.2) is 38.1 Å². The normalized spacial score (nSPS) is 20.9. The number of aliphatic hydroxyl groups excluding tert-OH is 1. The molecule has 1 aliphatic rings. The number of halogens is 1. The van der Waals surface area contributed by atoms with Crippen molar-refractivity contribution in [3.05, 3.63) is 29.6 Å². The van der Waals surface area contributed by atoms with Gasteiger partial charge in [-0.3, -0.25) is 0 Å². The van der Waals surface area contributed by atoms with E-state index in [1.54, 1.807) is 24.0 Å². The fourth-order valence-corrected chi connectivity index (χ4v) is 3.64. The molecule has 0 aliphatic carbocycles. The maximum Gasteiger partial charge on any atom is 0.152 e. The van der Waals surface area contributed by atoms with Gasteiger partial charge < -0.3 is 10.0 Å². The lowest BCUT2D eigenvalue weighted by Gasteiger charge is -2.26. The molecule has 1 N–H and O–H groups in total. The highest BCUT2D eigenvalue weighted by atomic mass is 32.2. The van der Waals surface area contributed by atoms with E-state index in [1.807, 2.05) is 0 Å². The molecule has 1 atom stereocenters. The van der Waals surface area contributed by atoms with Gasteiger partial charge in [-0.05, 0) is 19.4 Å². The summed E-state index contributed by atoms with van der Waals surface area (Å²) < 4.78 is 37.2. The third-order valence-corrected chi connectivity index (χ3v) is 5.06. The maximum atomic E-state index is 14.0. The van der Waals surface area contributed by atoms with Crippen molar-refractivity contribution < 1.29 is 17.9 Å². The zero-order chi connectivity index (χ0) is 14.0. The molecule has 0 bridgehead atoms. The summed E-state index contributed by atoms with van der Waals surface area (Å²) >= 11 is 0. The Balaban J connectivity index is 2.36. The van der Waals surface area contributed by atoms with Gasteiger partial charge in [0.15, 0.2) is 9.84 Å². The standard InChI is InChI=1S/C13H18FNO3S/c1-10(16)11-4-2-5-12(14)13(11)15-6-3-8-19(17,18)9-7-15/h2,4-5,10,16H,3,6-9H2,1H3/t10-/m0/s1. The SMILES string of the molecule is C[C@H](O)c1cccc(F)c1N1CCCS(=O)(=O)CC1. The van der Waals surface area contributed by atoms with Gasteiger partial charge in [0.25, 0.3) is 0 Å². The third kappa shape index (κ3) is 3.25. The van der Waals surface area contributed by atoms with Crippen LogP contribution >= 0.6 is 0 Å². The largest absolute Gasteiger partial charge is 0.389 e. The van der Waals surface area contributed by atoms with Gasteiger partial charge in [0.2, 0.25) is 0 Å². The predicted molar refractivity (Wildman–Crippen MR) is 72.5 cm³/mol. The lowest BCUT2D eigenvalue weighted by molar-refractivity contribution is 0.199. The molecule has 1 heterocycles. The Bertz CT molecular complexity index is 557. The average Bonchev–Trinajstić information content (AvgIpc) is 2.50. The first-order chi connectivity index (χ1) is 8.91. The van der Waals surface area contributed by atoms with Crippen LogP contribution in [0.15, 0.2) is 18.2 Å². The van der Waals surface area contributed by atoms with Crippen molar-refractivity contribution in [2.75, 3.05) is 29.5 Å². The van der Waals surface area contributed by atoms with Crippen molar-refractivity contribution in [1.82, 2.24) is 0 Å². The minimum Gasteiger partial charge on any atom is -0.389 e. The molecule has 106 valence electrons. The lowest BCUT2D eigenvalue weighted by atomic mass is 10.1. The van der Waals surface area contributed by atoms with E-state index in [0.29, 0.717) is 24.2 Å². The zero-order valence-corrected chi connectivity index (χ0v) is 11.7. The Morgan fingerprint density at radius 1 is 1.32 bits per heavy atom. The summed E-state index contributed by atoms with van der Waals surface area (Å²) in [4.78, 5) is 1.72. The fraction of sp³-hybridized carbons (Fsp3) is 0.538. The van der Waals surface area contributed by atoms with E-state index in [0.717, 1.165) is 0 Å². The molecule has 1 saturated heterocycles. The number of hydrogen-bond acceptors (Lipinski definition) is 4. The summed E-state index contributed by atoms with van der Waals surface area (Å²) in [6, 6.07) is 4.55. The molecule has 6 heteroatoms. The van der Waals surface area contributed by atoms with Crippen LogP contribution in [-0.2, 0) is 9.84 Å². The van der Waals surface area contributed by atoms with Gasteiger partial charge in [-0.1, -0.05) is 12.1 Å². The number of para-hydroxylation sites is 1. The molecule has 0 amide bonds. The summed E-state index contributed by atoms with van der Waals surface area (Å²) in [7, 11) is -3.03. The van der Waals surface area contributed by atoms with Crippen molar-refractivity contribution in [1.29, 1.82) is 0 Å². The smallest absolute Gasteiger partial charge is 0.152 e. The Hall–Kier alpha value is -1.14. The maximum absolute atomic E-state index is 14.0. The number of aliphatic hydroxyl groups is 1. The van der Waals surface area contributed by atoms with Gasteiger partial charge in [-0.15, -0.1) is 0 Å². The molecular weight excluding hydrogens is 269 g/mol. The zero-order valence-electron chi connectivity index (χ0n) is 10.8. The van der Waals surface area contributed by atoms with Crippen LogP contribution in [0.5, 0.6) is 0 Å². The number of sulfone groups is 1. The van der Waals surface area contributed by atoms with Crippen LogP contribution in [0.25, 0.3) is 0 Å². The Kier molecular flexibility index (Phi) is 4.10. The number of nitrogens with zero attached hydrogens (tertiary/aromatic N) is 1. The molecule has 2 rings (SSSR count). The average molecular weight is 287 g/mol. The van der Waals surface area contributed by atoms with E-state index >= 15 is 0 Å². The molecule has 0 radical (unpaired) electrons. The third-order valence-electron chi connectivity index (χ3n) is 3.34. The van der Waals surface area contributed by atoms with Crippen LogP contribution in [0.3, 0.4) is 0 Å². The van der Waals surface area contributed by atoms with Crippen molar-refractivity contribution in [3.63, 3.8) is 0 Å². The molecule has 0 unspecified atom stereocenters. The van der Waals surface area contributed by atoms with Crippen LogP contribution < -0.4 is 4.90 Å². The monoisotopic (exact) mass is 287 g/mol. The van der Waals surface area contributed by atoms with Gasteiger partial charge in [-0.2, -0.15) is 0 Å². The van der Waals surface area contributed by atoms with E-state index in [9.17, 15) is 17.9 Å². The first-order valence-electron chi connectivity index (χ1n) is 6.32. The van der Waals surface area contributed by atoms with E-state index in [2.05, 4.69) is 0 Å². The highest BCUT2D eigenvalue weighted by Crippen LogP contribution is 2.30. The minimum absolute atomic E-state index is 0.0284. The number of rotatable bonds is 2. The topological polar surface area (TPSA) is 57.6 Å². The molecule has 0 spiro atoms. The highest BCUT2D eigenvalue weighted by Gasteiger charge is 2.24. The summed E-state index contributed by atoms with van der Waals surface area (Å²) in [6.07, 6.45) is -0.304. The summed E-state index contributed by atoms with van der Waals surface area (Å²) in [5.74, 6) is -0.250. The molecule has 1 aromatic carbocycles. The van der Waals surface area contributed by atoms with Crippen LogP contribution in [0.1, 0.15) is 25.0 Å². The molecule has 1 fully saturated rings. The molecule has 0 aromatic heterocycles. The highest BCUT2D eigenvalue weighted by molar-refractivity contribution is 7.91. The van der Waals surface area contributed by atoms with Gasteiger partial charge in [0, 0.05) is 18.7 Å². The van der Waals surface area contributed by atoms with Crippen molar-refractivity contribution >= 4 is 15.5 Å². The molecule has 4 nitrogen and oxygen atoms in total. The number of anilines is 1. The summed E-state index contributed by atoms with van der Waals surface area (Å²) in [5, 5.41) is 9.72. The van der Waals surface area contributed by atoms with Crippen LogP contribution in [0.4, 0.5) is 10.1 Å². The van der Waals surface area contributed by atoms with Crippen molar-refractivity contribution in [2.45, 2.75) is 19.4 Å². The molecule has 0 saturated carbocycles. The Morgan fingerprint density at radius 3 is 2.74 bits per heavy atom. The van der Waals surface area contributed by atoms with E-state index < -0.39 is 21.8 Å². The van der Waals surface area contributed by atoms with E-state index in [-0.39, 0.29) is 18.1 Å². The van der Waals surface area contributed by atoms with E-state index in [1.165, 1.54) is 6.07 Å². The van der Waals surface area contributed by atoms with Gasteiger partial charge in [0.05, 0.1) is 23.3 Å². The Morgan fingerprint density at radius 2 is 2.05 bits per heavy atom. The van der Waals surface area contributed by atoms with Crippen molar-refractivity contribution in [3.8, 4) is 0 Å². The first-order valence-corrected chi connectivity index (χ1v) is 8.15. The lowest BCUT2D eigenvalue weighted by Crippen LogP contribution is -2.29. The minimum atomic E-state index is -3.03. The number of benzene rings is 1. The molecule has 1 aromatic rings. The Labute approximate surface area is 112 Å². The van der Waals surface area contributed by atoms with Gasteiger partial charge >= 0.3 is 0 Å². The van der Waals surface area contributed by atoms with Crippen LogP contribution in [0, 0.1) is 5.82 Å². The molecule has 19 heavy (non-hydrogen) atoms. The number of hydrogen-bond donors (Lipinski definition) is 1. The van der Waals surface area contributed by atoms with Gasteiger partial charge in [0.1, 0.15) is 5.82 Å². The van der Waals surface area contributed by atoms with Gasteiger partial charge in [-0.25, -0.2) is 12.8 Å². The second kappa shape index (κ2) is 5.46. The molecular formula is C13H18FNO3S. The fourth-order valence-electron chi connectivity index (χ4n) is 2.36. The first kappa shape index (κ1) is 14.3. The molecule has 1 aliphatic heterocycles. The van der Waals surface area contributed by atoms with Crippen LogP contribution in [0.2, 0.25) is 0 Å². The predicted octanol–water partition coefficient (Wildman–Crippen LogP) is 1.50. The summed E-state index contributed by atoms with van der Waals surface area (Å²) in [5.41, 5.74) is 0.828. The summed E-state index contributed by atoms with van der Waals surface area (Å²) in [6.45, 7) is 2.33. The van der Waals surface area contributed by atoms with Crippen molar-refractivity contribution in [2.24, 2.45) is 0 Å².